The number of ether oxygens (including phenoxy) is 3. The van der Waals surface area contributed by atoms with Gasteiger partial charge in [-0.15, -0.1) is 11.3 Å². The van der Waals surface area contributed by atoms with Crippen molar-refractivity contribution >= 4 is 37.9 Å². The third-order valence-corrected chi connectivity index (χ3v) is 9.41. The van der Waals surface area contributed by atoms with Crippen molar-refractivity contribution in [1.29, 1.82) is 0 Å². The van der Waals surface area contributed by atoms with E-state index in [0.29, 0.717) is 43.2 Å². The van der Waals surface area contributed by atoms with Crippen LogP contribution in [0.5, 0.6) is 17.2 Å². The van der Waals surface area contributed by atoms with E-state index >= 15 is 0 Å². The third-order valence-electron chi connectivity index (χ3n) is 5.75. The molecule has 2 aromatic carbocycles. The summed E-state index contributed by atoms with van der Waals surface area (Å²) in [6.07, 6.45) is 1.04. The standard InChI is InChI=1S/C23H25ClN2O5S2/c1-29-19-12-15(13-20(30-2)22(19)31-3)18-14-32-23(25-18)26-10-8-16(9-11-26)33(27,28)21-7-5-4-6-17(21)24/h4-7,12-14,16H,8-11H2,1-3H3. The molecule has 1 saturated heterocycles. The lowest BCUT2D eigenvalue weighted by molar-refractivity contribution is 0.324. The molecule has 0 unspecified atom stereocenters. The smallest absolute Gasteiger partial charge is 0.203 e. The maximum Gasteiger partial charge on any atom is 0.203 e. The van der Waals surface area contributed by atoms with E-state index in [0.717, 1.165) is 16.4 Å². The molecule has 0 radical (unpaired) electrons. The van der Waals surface area contributed by atoms with Gasteiger partial charge in [-0.3, -0.25) is 0 Å². The van der Waals surface area contributed by atoms with E-state index in [1.165, 1.54) is 11.3 Å². The number of benzene rings is 2. The highest BCUT2D eigenvalue weighted by Crippen LogP contribution is 2.42. The summed E-state index contributed by atoms with van der Waals surface area (Å²) in [5.41, 5.74) is 1.64. The Hall–Kier alpha value is -2.49. The number of rotatable bonds is 7. The zero-order valence-corrected chi connectivity index (χ0v) is 21.0. The van der Waals surface area contributed by atoms with Gasteiger partial charge in [0.25, 0.3) is 0 Å². The minimum Gasteiger partial charge on any atom is -0.493 e. The lowest BCUT2D eigenvalue weighted by Crippen LogP contribution is -2.39. The molecule has 3 aromatic rings. The fraction of sp³-hybridized carbons (Fsp3) is 0.348. The van der Waals surface area contributed by atoms with Crippen LogP contribution in [0.4, 0.5) is 5.13 Å². The molecule has 1 aliphatic rings. The first-order valence-corrected chi connectivity index (χ1v) is 13.2. The van der Waals surface area contributed by atoms with E-state index in [-0.39, 0.29) is 9.92 Å². The van der Waals surface area contributed by atoms with Crippen molar-refractivity contribution in [2.75, 3.05) is 39.3 Å². The molecule has 176 valence electrons. The van der Waals surface area contributed by atoms with Crippen molar-refractivity contribution in [3.05, 3.63) is 46.8 Å². The molecule has 0 atom stereocenters. The maximum absolute atomic E-state index is 13.1. The van der Waals surface area contributed by atoms with Crippen LogP contribution in [0.2, 0.25) is 5.02 Å². The van der Waals surface area contributed by atoms with Crippen LogP contribution in [0.1, 0.15) is 12.8 Å². The van der Waals surface area contributed by atoms with Crippen molar-refractivity contribution in [2.24, 2.45) is 0 Å². The van der Waals surface area contributed by atoms with Crippen molar-refractivity contribution in [3.8, 4) is 28.5 Å². The number of nitrogens with zero attached hydrogens (tertiary/aromatic N) is 2. The second-order valence-corrected chi connectivity index (χ2v) is 11.0. The normalized spacial score (nSPS) is 14.8. The minimum atomic E-state index is -3.47. The van der Waals surface area contributed by atoms with E-state index in [1.807, 2.05) is 17.5 Å². The van der Waals surface area contributed by atoms with E-state index in [2.05, 4.69) is 4.90 Å². The first-order chi connectivity index (χ1) is 15.9. The van der Waals surface area contributed by atoms with Gasteiger partial charge in [-0.05, 0) is 37.1 Å². The molecule has 0 amide bonds. The van der Waals surface area contributed by atoms with Crippen LogP contribution >= 0.6 is 22.9 Å². The Morgan fingerprint density at radius 2 is 1.67 bits per heavy atom. The number of piperidine rings is 1. The van der Waals surface area contributed by atoms with E-state index in [9.17, 15) is 8.42 Å². The Morgan fingerprint density at radius 3 is 2.24 bits per heavy atom. The molecule has 4 rings (SSSR count). The first kappa shape index (κ1) is 23.7. The fourth-order valence-corrected chi connectivity index (χ4v) is 7.13. The summed E-state index contributed by atoms with van der Waals surface area (Å²) < 4.78 is 42.4. The Bertz CT molecular complexity index is 1210. The first-order valence-electron chi connectivity index (χ1n) is 10.4. The van der Waals surface area contributed by atoms with Gasteiger partial charge in [0.15, 0.2) is 26.5 Å². The van der Waals surface area contributed by atoms with Crippen LogP contribution in [-0.4, -0.2) is 53.1 Å². The van der Waals surface area contributed by atoms with Gasteiger partial charge in [-0.1, -0.05) is 23.7 Å². The highest BCUT2D eigenvalue weighted by Gasteiger charge is 2.33. The highest BCUT2D eigenvalue weighted by atomic mass is 35.5. The zero-order chi connectivity index (χ0) is 23.6. The number of aromatic nitrogens is 1. The summed E-state index contributed by atoms with van der Waals surface area (Å²) >= 11 is 7.68. The number of methoxy groups -OCH3 is 3. The van der Waals surface area contributed by atoms with Gasteiger partial charge in [-0.2, -0.15) is 0 Å². The number of anilines is 1. The average Bonchev–Trinajstić information content (AvgIpc) is 3.33. The van der Waals surface area contributed by atoms with Crippen LogP contribution in [0.3, 0.4) is 0 Å². The van der Waals surface area contributed by atoms with Crippen LogP contribution in [0.15, 0.2) is 46.7 Å². The lowest BCUT2D eigenvalue weighted by Gasteiger charge is -2.31. The molecule has 2 heterocycles. The zero-order valence-electron chi connectivity index (χ0n) is 18.6. The number of hydrogen-bond donors (Lipinski definition) is 0. The molecular formula is C23H25ClN2O5S2. The summed E-state index contributed by atoms with van der Waals surface area (Å²) in [6, 6.07) is 10.4. The molecule has 0 bridgehead atoms. The molecular weight excluding hydrogens is 484 g/mol. The van der Waals surface area contributed by atoms with Gasteiger partial charge in [0.1, 0.15) is 0 Å². The van der Waals surface area contributed by atoms with Crippen LogP contribution in [0.25, 0.3) is 11.3 Å². The summed E-state index contributed by atoms with van der Waals surface area (Å²) in [5, 5.41) is 2.65. The van der Waals surface area contributed by atoms with Crippen molar-refractivity contribution in [2.45, 2.75) is 23.0 Å². The summed E-state index contributed by atoms with van der Waals surface area (Å²) in [5.74, 6) is 1.65. The minimum absolute atomic E-state index is 0.212. The van der Waals surface area contributed by atoms with Gasteiger partial charge in [0, 0.05) is 24.0 Å². The predicted molar refractivity (Wildman–Crippen MR) is 131 cm³/mol. The Morgan fingerprint density at radius 1 is 1.03 bits per heavy atom. The Balaban J connectivity index is 1.51. The predicted octanol–water partition coefficient (Wildman–Crippen LogP) is 4.93. The molecule has 33 heavy (non-hydrogen) atoms. The second-order valence-electron chi connectivity index (χ2n) is 7.59. The molecule has 0 N–H and O–H groups in total. The quantitative estimate of drug-likeness (QED) is 0.447. The van der Waals surface area contributed by atoms with Crippen molar-refractivity contribution in [1.82, 2.24) is 4.98 Å². The number of thiazole rings is 1. The molecule has 1 aromatic heterocycles. The largest absolute Gasteiger partial charge is 0.493 e. The fourth-order valence-electron chi connectivity index (χ4n) is 3.98. The Kier molecular flexibility index (Phi) is 7.02. The maximum atomic E-state index is 13.1. The highest BCUT2D eigenvalue weighted by molar-refractivity contribution is 7.92. The molecule has 0 spiro atoms. The van der Waals surface area contributed by atoms with Crippen LogP contribution in [-0.2, 0) is 9.84 Å². The van der Waals surface area contributed by atoms with Crippen LogP contribution < -0.4 is 19.1 Å². The molecule has 1 aliphatic heterocycles. The van der Waals surface area contributed by atoms with Gasteiger partial charge in [-0.25, -0.2) is 13.4 Å². The summed E-state index contributed by atoms with van der Waals surface area (Å²) in [7, 11) is 1.25. The van der Waals surface area contributed by atoms with E-state index < -0.39 is 15.1 Å². The molecule has 7 nitrogen and oxygen atoms in total. The lowest BCUT2D eigenvalue weighted by atomic mass is 10.1. The number of hydrogen-bond acceptors (Lipinski definition) is 8. The van der Waals surface area contributed by atoms with Gasteiger partial charge in [0.05, 0.1) is 42.2 Å². The van der Waals surface area contributed by atoms with Crippen molar-refractivity contribution in [3.63, 3.8) is 0 Å². The van der Waals surface area contributed by atoms with Gasteiger partial charge in [0.2, 0.25) is 5.75 Å². The SMILES string of the molecule is COc1cc(-c2csc(N3CCC(S(=O)(=O)c4ccccc4Cl)CC3)n2)cc(OC)c1OC. The summed E-state index contributed by atoms with van der Waals surface area (Å²) in [4.78, 5) is 7.13. The topological polar surface area (TPSA) is 78.0 Å². The number of halogens is 1. The summed E-state index contributed by atoms with van der Waals surface area (Å²) in [6.45, 7) is 1.22. The molecule has 1 fully saturated rings. The average molecular weight is 509 g/mol. The third kappa shape index (κ3) is 4.62. The van der Waals surface area contributed by atoms with Gasteiger partial charge < -0.3 is 19.1 Å². The molecule has 10 heteroatoms. The van der Waals surface area contributed by atoms with E-state index in [1.54, 1.807) is 45.6 Å². The van der Waals surface area contributed by atoms with Crippen molar-refractivity contribution < 1.29 is 22.6 Å². The second kappa shape index (κ2) is 9.79. The molecule has 0 aliphatic carbocycles. The monoisotopic (exact) mass is 508 g/mol. The number of sulfone groups is 1. The van der Waals surface area contributed by atoms with Gasteiger partial charge >= 0.3 is 0 Å². The van der Waals surface area contributed by atoms with Crippen LogP contribution in [0, 0.1) is 0 Å². The van der Waals surface area contributed by atoms with E-state index in [4.69, 9.17) is 30.8 Å². The Labute approximate surface area is 202 Å². The molecule has 0 saturated carbocycles.